The molecule has 0 unspecified atom stereocenters. The highest BCUT2D eigenvalue weighted by Crippen LogP contribution is 2.12. The molecule has 0 fully saturated rings. The zero-order chi connectivity index (χ0) is 19.1. The average Bonchev–Trinajstić information content (AvgIpc) is 2.69. The number of hydrogen-bond acceptors (Lipinski definition) is 3. The summed E-state index contributed by atoms with van der Waals surface area (Å²) in [7, 11) is 0. The van der Waals surface area contributed by atoms with Gasteiger partial charge in [0.05, 0.1) is 6.21 Å². The van der Waals surface area contributed by atoms with Crippen molar-refractivity contribution in [3.05, 3.63) is 101 Å². The predicted molar refractivity (Wildman–Crippen MR) is 107 cm³/mol. The van der Waals surface area contributed by atoms with Crippen LogP contribution in [0.2, 0.25) is 0 Å². The summed E-state index contributed by atoms with van der Waals surface area (Å²) in [6.07, 6.45) is 1.58. The quantitative estimate of drug-likeness (QED) is 0.535. The minimum Gasteiger partial charge on any atom is -0.322 e. The largest absolute Gasteiger partial charge is 0.322 e. The molecule has 3 aromatic rings. The Morgan fingerprint density at radius 1 is 0.815 bits per heavy atom. The fraction of sp³-hybridized carbons (Fsp3) is 0.0455. The third-order valence-corrected chi connectivity index (χ3v) is 3.86. The molecule has 2 N–H and O–H groups in total. The van der Waals surface area contributed by atoms with Crippen LogP contribution in [0.5, 0.6) is 0 Å². The van der Waals surface area contributed by atoms with Gasteiger partial charge >= 0.3 is 0 Å². The van der Waals surface area contributed by atoms with Gasteiger partial charge in [0.25, 0.3) is 11.8 Å². The molecule has 0 aliphatic rings. The van der Waals surface area contributed by atoms with Crippen molar-refractivity contribution in [2.75, 3.05) is 5.32 Å². The van der Waals surface area contributed by atoms with Gasteiger partial charge in [-0.2, -0.15) is 5.10 Å². The fourth-order valence-electron chi connectivity index (χ4n) is 2.46. The zero-order valence-electron chi connectivity index (χ0n) is 14.8. The van der Waals surface area contributed by atoms with Gasteiger partial charge in [0, 0.05) is 16.8 Å². The third-order valence-electron chi connectivity index (χ3n) is 3.86. The molecule has 5 heteroatoms. The van der Waals surface area contributed by atoms with E-state index in [-0.39, 0.29) is 11.8 Å². The Hall–Kier alpha value is -3.73. The van der Waals surface area contributed by atoms with Crippen LogP contribution >= 0.6 is 0 Å². The van der Waals surface area contributed by atoms with Crippen LogP contribution in [-0.4, -0.2) is 18.0 Å². The number of carbonyl (C=O) groups is 2. The maximum Gasteiger partial charge on any atom is 0.271 e. The molecule has 27 heavy (non-hydrogen) atoms. The van der Waals surface area contributed by atoms with Crippen molar-refractivity contribution in [1.29, 1.82) is 0 Å². The summed E-state index contributed by atoms with van der Waals surface area (Å²) >= 11 is 0. The van der Waals surface area contributed by atoms with Crippen molar-refractivity contribution in [3.8, 4) is 0 Å². The van der Waals surface area contributed by atoms with E-state index in [2.05, 4.69) is 15.8 Å². The average molecular weight is 357 g/mol. The maximum absolute atomic E-state index is 12.3. The van der Waals surface area contributed by atoms with Crippen molar-refractivity contribution in [3.63, 3.8) is 0 Å². The lowest BCUT2D eigenvalue weighted by molar-refractivity contribution is 0.0954. The number of aryl methyl sites for hydroxylation is 1. The van der Waals surface area contributed by atoms with E-state index in [0.29, 0.717) is 16.8 Å². The number of nitrogens with one attached hydrogen (secondary N) is 2. The molecule has 0 saturated carbocycles. The lowest BCUT2D eigenvalue weighted by atomic mass is 10.1. The number of benzene rings is 3. The number of rotatable bonds is 5. The Morgan fingerprint density at radius 2 is 1.56 bits per heavy atom. The first-order valence-electron chi connectivity index (χ1n) is 8.48. The van der Waals surface area contributed by atoms with Gasteiger partial charge in [-0.3, -0.25) is 9.59 Å². The van der Waals surface area contributed by atoms with E-state index in [1.807, 2.05) is 55.5 Å². The van der Waals surface area contributed by atoms with Crippen LogP contribution in [0, 0.1) is 6.92 Å². The van der Waals surface area contributed by atoms with Crippen molar-refractivity contribution in [2.24, 2.45) is 5.10 Å². The van der Waals surface area contributed by atoms with Crippen molar-refractivity contribution < 1.29 is 9.59 Å². The van der Waals surface area contributed by atoms with Crippen molar-refractivity contribution in [2.45, 2.75) is 6.92 Å². The molecule has 0 heterocycles. The molecule has 3 rings (SSSR count). The van der Waals surface area contributed by atoms with Gasteiger partial charge < -0.3 is 5.32 Å². The van der Waals surface area contributed by atoms with Gasteiger partial charge in [0.2, 0.25) is 0 Å². The van der Waals surface area contributed by atoms with Crippen molar-refractivity contribution in [1.82, 2.24) is 5.43 Å². The highest BCUT2D eigenvalue weighted by molar-refractivity contribution is 6.04. The van der Waals surface area contributed by atoms with Crippen LogP contribution in [0.4, 0.5) is 5.69 Å². The first-order valence-corrected chi connectivity index (χ1v) is 8.48. The second kappa shape index (κ2) is 8.58. The number of nitrogens with zero attached hydrogens (tertiary/aromatic N) is 1. The lowest BCUT2D eigenvalue weighted by Gasteiger charge is -2.07. The van der Waals surface area contributed by atoms with Crippen LogP contribution in [0.15, 0.2) is 84.0 Å². The van der Waals surface area contributed by atoms with E-state index in [1.165, 1.54) is 0 Å². The predicted octanol–water partition coefficient (Wildman–Crippen LogP) is 4.01. The Balaban J connectivity index is 1.58. The molecule has 0 saturated heterocycles. The van der Waals surface area contributed by atoms with E-state index in [9.17, 15) is 9.59 Å². The van der Waals surface area contributed by atoms with Crippen LogP contribution in [-0.2, 0) is 0 Å². The summed E-state index contributed by atoms with van der Waals surface area (Å²) < 4.78 is 0. The SMILES string of the molecule is Cc1cccc(C(=O)Nc2ccc(C(=O)N/N=C\c3ccccc3)cc2)c1. The molecular formula is C22H19N3O2. The van der Waals surface area contributed by atoms with Crippen LogP contribution in [0.1, 0.15) is 31.8 Å². The van der Waals surface area contributed by atoms with Gasteiger partial charge in [0.1, 0.15) is 0 Å². The van der Waals surface area contributed by atoms with Crippen LogP contribution < -0.4 is 10.7 Å². The topological polar surface area (TPSA) is 70.6 Å². The van der Waals surface area contributed by atoms with E-state index >= 15 is 0 Å². The summed E-state index contributed by atoms with van der Waals surface area (Å²) in [6.45, 7) is 1.93. The number of hydrogen-bond donors (Lipinski definition) is 2. The molecule has 5 nitrogen and oxygen atoms in total. The van der Waals surface area contributed by atoms with Crippen molar-refractivity contribution >= 4 is 23.7 Å². The van der Waals surface area contributed by atoms with Gasteiger partial charge in [-0.05, 0) is 48.9 Å². The Labute approximate surface area is 157 Å². The Kier molecular flexibility index (Phi) is 5.74. The smallest absolute Gasteiger partial charge is 0.271 e. The van der Waals surface area contributed by atoms with E-state index in [0.717, 1.165) is 11.1 Å². The molecule has 0 spiro atoms. The molecule has 0 atom stereocenters. The monoisotopic (exact) mass is 357 g/mol. The van der Waals surface area contributed by atoms with E-state index in [1.54, 1.807) is 36.5 Å². The maximum atomic E-state index is 12.3. The fourth-order valence-corrected chi connectivity index (χ4v) is 2.46. The first kappa shape index (κ1) is 18.1. The van der Waals surface area contributed by atoms with Crippen LogP contribution in [0.3, 0.4) is 0 Å². The lowest BCUT2D eigenvalue weighted by Crippen LogP contribution is -2.17. The Morgan fingerprint density at radius 3 is 2.26 bits per heavy atom. The van der Waals surface area contributed by atoms with E-state index in [4.69, 9.17) is 0 Å². The summed E-state index contributed by atoms with van der Waals surface area (Å²) in [5.41, 5.74) is 6.06. The zero-order valence-corrected chi connectivity index (χ0v) is 14.8. The highest BCUT2D eigenvalue weighted by Gasteiger charge is 2.08. The summed E-state index contributed by atoms with van der Waals surface area (Å²) in [4.78, 5) is 24.4. The van der Waals surface area contributed by atoms with Gasteiger partial charge in [-0.1, -0.05) is 48.0 Å². The molecule has 0 bridgehead atoms. The first-order chi connectivity index (χ1) is 13.1. The van der Waals surface area contributed by atoms with Crippen LogP contribution in [0.25, 0.3) is 0 Å². The molecule has 0 radical (unpaired) electrons. The molecule has 134 valence electrons. The second-order valence-corrected chi connectivity index (χ2v) is 6.01. The number of hydrazone groups is 1. The molecule has 3 aromatic carbocycles. The minimum atomic E-state index is -0.321. The normalized spacial score (nSPS) is 10.6. The summed E-state index contributed by atoms with van der Waals surface area (Å²) in [6, 6.07) is 23.5. The molecule has 2 amide bonds. The summed E-state index contributed by atoms with van der Waals surface area (Å²) in [5, 5.41) is 6.76. The number of carbonyl (C=O) groups excluding carboxylic acids is 2. The van der Waals surface area contributed by atoms with Gasteiger partial charge in [-0.15, -0.1) is 0 Å². The highest BCUT2D eigenvalue weighted by atomic mass is 16.2. The molecule has 0 aromatic heterocycles. The summed E-state index contributed by atoms with van der Waals surface area (Å²) in [5.74, 6) is -0.512. The van der Waals surface area contributed by atoms with Gasteiger partial charge in [-0.25, -0.2) is 5.43 Å². The van der Waals surface area contributed by atoms with E-state index < -0.39 is 0 Å². The number of amides is 2. The standard InChI is InChI=1S/C22H19N3O2/c1-16-6-5-9-19(14-16)21(26)24-20-12-10-18(11-13-20)22(27)25-23-15-17-7-3-2-4-8-17/h2-15H,1H3,(H,24,26)(H,25,27)/b23-15-. The minimum absolute atomic E-state index is 0.191. The molecule has 0 aliphatic heterocycles. The molecular weight excluding hydrogens is 338 g/mol. The second-order valence-electron chi connectivity index (χ2n) is 6.01. The van der Waals surface area contributed by atoms with Gasteiger partial charge in [0.15, 0.2) is 0 Å². The molecule has 0 aliphatic carbocycles. The number of anilines is 1. The third kappa shape index (κ3) is 5.12. The Bertz CT molecular complexity index is 964.